The molecule has 0 saturated carbocycles. The first-order valence-corrected chi connectivity index (χ1v) is 7.14. The molecule has 2 aliphatic rings. The average molecular weight is 257 g/mol. The van der Waals surface area contributed by atoms with Gasteiger partial charge in [0.15, 0.2) is 11.5 Å². The molecule has 2 aromatic rings. The summed E-state index contributed by atoms with van der Waals surface area (Å²) in [6.45, 7) is 4.62. The van der Waals surface area contributed by atoms with Crippen LogP contribution in [0, 0.1) is 5.92 Å². The number of nitrogens with zero attached hydrogens (tertiary/aromatic N) is 4. The Bertz CT molecular complexity index is 578. The van der Waals surface area contributed by atoms with Crippen LogP contribution in [-0.2, 0) is 6.54 Å². The van der Waals surface area contributed by atoms with Crippen molar-refractivity contribution >= 4 is 5.65 Å². The van der Waals surface area contributed by atoms with Gasteiger partial charge in [0.2, 0.25) is 0 Å². The van der Waals surface area contributed by atoms with Gasteiger partial charge in [-0.3, -0.25) is 4.40 Å². The molecule has 0 spiro atoms. The van der Waals surface area contributed by atoms with E-state index in [9.17, 15) is 0 Å². The van der Waals surface area contributed by atoms with Crippen molar-refractivity contribution in [3.8, 4) is 0 Å². The van der Waals surface area contributed by atoms with Crippen LogP contribution in [0.15, 0.2) is 24.4 Å². The minimum Gasteiger partial charge on any atom is -0.307 e. The molecular formula is C14H19N5. The molecule has 2 saturated heterocycles. The molecule has 0 amide bonds. The van der Waals surface area contributed by atoms with Crippen molar-refractivity contribution in [2.45, 2.75) is 25.4 Å². The Kier molecular flexibility index (Phi) is 2.74. The number of nitrogens with one attached hydrogen (secondary N) is 1. The first-order valence-electron chi connectivity index (χ1n) is 7.14. The predicted molar refractivity (Wildman–Crippen MR) is 72.8 cm³/mol. The van der Waals surface area contributed by atoms with Crippen LogP contribution < -0.4 is 5.32 Å². The van der Waals surface area contributed by atoms with Crippen molar-refractivity contribution in [1.29, 1.82) is 0 Å². The van der Waals surface area contributed by atoms with Gasteiger partial charge in [-0.1, -0.05) is 6.07 Å². The summed E-state index contributed by atoms with van der Waals surface area (Å²) in [5, 5.41) is 12.2. The standard InChI is InChI=1S/C14H19N5/c1-2-6-19-13(3-1)16-17-14(19)9-15-12-5-8-18-7-4-11(12)10-18/h1-3,6,11-12,15H,4-5,7-10H2. The second kappa shape index (κ2) is 4.58. The number of pyridine rings is 1. The summed E-state index contributed by atoms with van der Waals surface area (Å²) in [6, 6.07) is 6.66. The third-order valence-electron chi connectivity index (χ3n) is 4.54. The topological polar surface area (TPSA) is 45.5 Å². The molecule has 2 aromatic heterocycles. The third-order valence-corrected chi connectivity index (χ3v) is 4.54. The normalized spacial score (nSPS) is 30.0. The van der Waals surface area contributed by atoms with E-state index < -0.39 is 0 Å². The smallest absolute Gasteiger partial charge is 0.160 e. The second-order valence-corrected chi connectivity index (χ2v) is 5.67. The molecule has 2 fully saturated rings. The van der Waals surface area contributed by atoms with Gasteiger partial charge < -0.3 is 10.2 Å². The van der Waals surface area contributed by atoms with E-state index in [1.54, 1.807) is 0 Å². The van der Waals surface area contributed by atoms with Gasteiger partial charge in [-0.05, 0) is 44.0 Å². The molecule has 5 nitrogen and oxygen atoms in total. The van der Waals surface area contributed by atoms with E-state index in [4.69, 9.17) is 0 Å². The van der Waals surface area contributed by atoms with E-state index in [1.807, 2.05) is 24.4 Å². The molecule has 100 valence electrons. The van der Waals surface area contributed by atoms with Crippen molar-refractivity contribution in [2.24, 2.45) is 5.92 Å². The van der Waals surface area contributed by atoms with Crippen LogP contribution >= 0.6 is 0 Å². The summed E-state index contributed by atoms with van der Waals surface area (Å²) >= 11 is 0. The minimum atomic E-state index is 0.648. The van der Waals surface area contributed by atoms with E-state index in [1.165, 1.54) is 32.5 Å². The van der Waals surface area contributed by atoms with E-state index in [2.05, 4.69) is 24.8 Å². The fraction of sp³-hybridized carbons (Fsp3) is 0.571. The Balaban J connectivity index is 1.47. The Labute approximate surface area is 112 Å². The van der Waals surface area contributed by atoms with E-state index in [0.29, 0.717) is 6.04 Å². The molecule has 2 aliphatic heterocycles. The lowest BCUT2D eigenvalue weighted by Crippen LogP contribution is -2.43. The zero-order valence-electron chi connectivity index (χ0n) is 11.0. The Morgan fingerprint density at radius 2 is 2.16 bits per heavy atom. The van der Waals surface area contributed by atoms with Gasteiger partial charge in [0.25, 0.3) is 0 Å². The van der Waals surface area contributed by atoms with Gasteiger partial charge in [0.1, 0.15) is 0 Å². The predicted octanol–water partition coefficient (Wildman–Crippen LogP) is 0.913. The van der Waals surface area contributed by atoms with Crippen molar-refractivity contribution in [3.63, 3.8) is 0 Å². The van der Waals surface area contributed by atoms with Crippen LogP contribution in [0.2, 0.25) is 0 Å². The largest absolute Gasteiger partial charge is 0.307 e. The summed E-state index contributed by atoms with van der Waals surface area (Å²) in [5.41, 5.74) is 0.926. The second-order valence-electron chi connectivity index (χ2n) is 5.67. The SMILES string of the molecule is c1ccn2c(CNC3CCN4CCC3C4)nnc2c1. The Morgan fingerprint density at radius 3 is 3.16 bits per heavy atom. The maximum absolute atomic E-state index is 4.28. The van der Waals surface area contributed by atoms with E-state index in [-0.39, 0.29) is 0 Å². The lowest BCUT2D eigenvalue weighted by molar-refractivity contribution is 0.219. The van der Waals surface area contributed by atoms with Crippen LogP contribution in [-0.4, -0.2) is 45.2 Å². The van der Waals surface area contributed by atoms with Crippen LogP contribution in [0.25, 0.3) is 5.65 Å². The third kappa shape index (κ3) is 2.03. The zero-order chi connectivity index (χ0) is 12.7. The van der Waals surface area contributed by atoms with Gasteiger partial charge in [-0.25, -0.2) is 0 Å². The molecule has 3 unspecified atom stereocenters. The molecule has 0 aromatic carbocycles. The number of fused-ring (bicyclic) bond motifs is 3. The molecule has 0 radical (unpaired) electrons. The van der Waals surface area contributed by atoms with Crippen LogP contribution in [0.1, 0.15) is 18.7 Å². The quantitative estimate of drug-likeness (QED) is 0.888. The van der Waals surface area contributed by atoms with E-state index in [0.717, 1.165) is 23.9 Å². The number of rotatable bonds is 3. The first kappa shape index (κ1) is 11.4. The van der Waals surface area contributed by atoms with Gasteiger partial charge in [-0.2, -0.15) is 0 Å². The van der Waals surface area contributed by atoms with Crippen LogP contribution in [0.4, 0.5) is 0 Å². The first-order chi connectivity index (χ1) is 9.40. The number of hydrogen-bond donors (Lipinski definition) is 1. The summed E-state index contributed by atoms with van der Waals surface area (Å²) in [6.07, 6.45) is 4.64. The average Bonchev–Trinajstić information content (AvgIpc) is 3.03. The van der Waals surface area contributed by atoms with Crippen molar-refractivity contribution < 1.29 is 0 Å². The van der Waals surface area contributed by atoms with E-state index >= 15 is 0 Å². The molecular weight excluding hydrogens is 238 g/mol. The maximum Gasteiger partial charge on any atom is 0.160 e. The lowest BCUT2D eigenvalue weighted by atomic mass is 9.94. The van der Waals surface area contributed by atoms with Crippen molar-refractivity contribution in [3.05, 3.63) is 30.2 Å². The minimum absolute atomic E-state index is 0.648. The molecule has 19 heavy (non-hydrogen) atoms. The summed E-state index contributed by atoms with van der Waals surface area (Å²) in [4.78, 5) is 2.58. The molecule has 5 heteroatoms. The Morgan fingerprint density at radius 1 is 1.21 bits per heavy atom. The number of aromatic nitrogens is 3. The van der Waals surface area contributed by atoms with Gasteiger partial charge in [0.05, 0.1) is 6.54 Å². The molecule has 0 aliphatic carbocycles. The highest BCUT2D eigenvalue weighted by atomic mass is 15.3. The van der Waals surface area contributed by atoms with Crippen molar-refractivity contribution in [1.82, 2.24) is 24.8 Å². The monoisotopic (exact) mass is 257 g/mol. The summed E-state index contributed by atoms with van der Waals surface area (Å²) in [7, 11) is 0. The summed E-state index contributed by atoms with van der Waals surface area (Å²) < 4.78 is 2.07. The molecule has 2 bridgehead atoms. The Hall–Kier alpha value is -1.46. The zero-order valence-corrected chi connectivity index (χ0v) is 11.0. The number of hydrogen-bond acceptors (Lipinski definition) is 4. The number of piperidine rings is 1. The summed E-state index contributed by atoms with van der Waals surface area (Å²) in [5.74, 6) is 1.84. The molecule has 4 heterocycles. The van der Waals surface area contributed by atoms with Crippen LogP contribution in [0.3, 0.4) is 0 Å². The molecule has 4 rings (SSSR count). The van der Waals surface area contributed by atoms with Gasteiger partial charge in [0, 0.05) is 18.8 Å². The fourth-order valence-electron chi connectivity index (χ4n) is 3.45. The van der Waals surface area contributed by atoms with Gasteiger partial charge >= 0.3 is 0 Å². The van der Waals surface area contributed by atoms with Crippen molar-refractivity contribution in [2.75, 3.05) is 19.6 Å². The van der Waals surface area contributed by atoms with Crippen LogP contribution in [0.5, 0.6) is 0 Å². The highest BCUT2D eigenvalue weighted by Crippen LogP contribution is 2.27. The highest BCUT2D eigenvalue weighted by molar-refractivity contribution is 5.36. The molecule has 3 atom stereocenters. The maximum atomic E-state index is 4.28. The van der Waals surface area contributed by atoms with Gasteiger partial charge in [-0.15, -0.1) is 10.2 Å². The molecule has 1 N–H and O–H groups in total. The lowest BCUT2D eigenvalue weighted by Gasteiger charge is -2.30. The highest BCUT2D eigenvalue weighted by Gasteiger charge is 2.33. The fourth-order valence-corrected chi connectivity index (χ4v) is 3.45.